The molecule has 1 aliphatic heterocycles. The molecular formula is C22H33N5O3. The van der Waals surface area contributed by atoms with Crippen LogP contribution in [0, 0.1) is 0 Å². The molecule has 0 unspecified atom stereocenters. The fraction of sp³-hybridized carbons (Fsp3) is 0.727. The Morgan fingerprint density at radius 2 is 1.67 bits per heavy atom. The van der Waals surface area contributed by atoms with Crippen molar-refractivity contribution in [2.45, 2.75) is 95.8 Å². The highest BCUT2D eigenvalue weighted by Gasteiger charge is 2.48. The van der Waals surface area contributed by atoms with Crippen molar-refractivity contribution in [2.75, 3.05) is 6.54 Å². The van der Waals surface area contributed by atoms with Crippen LogP contribution in [0.15, 0.2) is 6.07 Å². The number of amides is 3. The van der Waals surface area contributed by atoms with Gasteiger partial charge in [0.1, 0.15) is 11.2 Å². The summed E-state index contributed by atoms with van der Waals surface area (Å²) in [5.41, 5.74) is -0.401. The van der Waals surface area contributed by atoms with Crippen molar-refractivity contribution >= 4 is 17.7 Å². The Bertz CT molecular complexity index is 823. The lowest BCUT2D eigenvalue weighted by molar-refractivity contribution is -0.133. The zero-order valence-corrected chi connectivity index (χ0v) is 18.1. The highest BCUT2D eigenvalue weighted by atomic mass is 16.2. The third-order valence-electron chi connectivity index (χ3n) is 6.97. The predicted octanol–water partition coefficient (Wildman–Crippen LogP) is 2.24. The summed E-state index contributed by atoms with van der Waals surface area (Å²) >= 11 is 0. The molecule has 0 spiro atoms. The van der Waals surface area contributed by atoms with Crippen molar-refractivity contribution in [1.29, 1.82) is 0 Å². The van der Waals surface area contributed by atoms with E-state index in [1.165, 1.54) is 6.42 Å². The van der Waals surface area contributed by atoms with E-state index in [0.29, 0.717) is 12.2 Å². The van der Waals surface area contributed by atoms with Gasteiger partial charge in [-0.25, -0.2) is 0 Å². The number of aromatic nitrogens is 2. The third kappa shape index (κ3) is 3.84. The molecule has 3 aliphatic rings. The summed E-state index contributed by atoms with van der Waals surface area (Å²) in [6, 6.07) is 1.92. The van der Waals surface area contributed by atoms with Crippen LogP contribution in [0.2, 0.25) is 0 Å². The third-order valence-corrected chi connectivity index (χ3v) is 6.97. The van der Waals surface area contributed by atoms with Crippen molar-refractivity contribution < 1.29 is 14.4 Å². The van der Waals surface area contributed by atoms with E-state index in [1.54, 1.807) is 22.6 Å². The molecule has 0 radical (unpaired) electrons. The summed E-state index contributed by atoms with van der Waals surface area (Å²) in [6.07, 6.45) is 9.67. The number of hydrogen-bond donors (Lipinski definition) is 2. The van der Waals surface area contributed by atoms with E-state index in [1.807, 2.05) is 6.92 Å². The number of carbonyl (C=O) groups is 3. The second-order valence-corrected chi connectivity index (χ2v) is 9.16. The Balaban J connectivity index is 1.54. The maximum absolute atomic E-state index is 13.2. The van der Waals surface area contributed by atoms with E-state index < -0.39 is 5.54 Å². The molecular weight excluding hydrogens is 382 g/mol. The van der Waals surface area contributed by atoms with Gasteiger partial charge in [0, 0.05) is 24.7 Å². The molecule has 164 valence electrons. The number of carbonyl (C=O) groups excluding carboxylic acids is 3. The predicted molar refractivity (Wildman–Crippen MR) is 112 cm³/mol. The molecule has 1 aromatic heterocycles. The van der Waals surface area contributed by atoms with E-state index in [-0.39, 0.29) is 42.0 Å². The van der Waals surface area contributed by atoms with Gasteiger partial charge in [0.25, 0.3) is 11.8 Å². The fourth-order valence-corrected chi connectivity index (χ4v) is 5.16. The summed E-state index contributed by atoms with van der Waals surface area (Å²) in [7, 11) is 0. The average molecular weight is 416 g/mol. The second-order valence-electron chi connectivity index (χ2n) is 9.16. The Labute approximate surface area is 177 Å². The van der Waals surface area contributed by atoms with Crippen LogP contribution in [0.1, 0.15) is 92.6 Å². The van der Waals surface area contributed by atoms with Gasteiger partial charge in [0.15, 0.2) is 5.69 Å². The van der Waals surface area contributed by atoms with Crippen molar-refractivity contribution in [2.24, 2.45) is 0 Å². The molecule has 0 aromatic carbocycles. The molecule has 1 aromatic rings. The standard InChI is InChI=1S/C22H33N5O3/c1-3-26-20(29)18-13-17(19(28)23-15-9-5-4-6-10-15)25-27(18)14-22(26,2)21(30)24-16-11-7-8-12-16/h13,15-16H,3-12,14H2,1-2H3,(H,23,28)(H,24,30)/t22-/m0/s1. The average Bonchev–Trinajstić information content (AvgIpc) is 3.39. The number of hydrogen-bond acceptors (Lipinski definition) is 4. The number of nitrogens with zero attached hydrogens (tertiary/aromatic N) is 3. The van der Waals surface area contributed by atoms with E-state index in [9.17, 15) is 14.4 Å². The SMILES string of the molecule is CCN1C(=O)c2cc(C(=O)NC3CCCCC3)nn2C[C@@]1(C)C(=O)NC1CCCC1. The molecule has 2 fully saturated rings. The first-order valence-electron chi connectivity index (χ1n) is 11.4. The van der Waals surface area contributed by atoms with Crippen LogP contribution >= 0.6 is 0 Å². The van der Waals surface area contributed by atoms with E-state index >= 15 is 0 Å². The lowest BCUT2D eigenvalue weighted by Gasteiger charge is -2.43. The minimum Gasteiger partial charge on any atom is -0.351 e. The maximum atomic E-state index is 13.2. The quantitative estimate of drug-likeness (QED) is 0.771. The maximum Gasteiger partial charge on any atom is 0.273 e. The van der Waals surface area contributed by atoms with Gasteiger partial charge < -0.3 is 15.5 Å². The van der Waals surface area contributed by atoms with Crippen LogP contribution < -0.4 is 10.6 Å². The summed E-state index contributed by atoms with van der Waals surface area (Å²) < 4.78 is 1.54. The Hall–Kier alpha value is -2.38. The number of nitrogens with one attached hydrogen (secondary N) is 2. The molecule has 0 saturated heterocycles. The highest BCUT2D eigenvalue weighted by Crippen LogP contribution is 2.29. The van der Waals surface area contributed by atoms with E-state index in [0.717, 1.165) is 51.4 Å². The number of rotatable bonds is 5. The van der Waals surface area contributed by atoms with Gasteiger partial charge in [-0.05, 0) is 39.5 Å². The summed E-state index contributed by atoms with van der Waals surface area (Å²) in [6.45, 7) is 4.34. The van der Waals surface area contributed by atoms with Gasteiger partial charge in [-0.15, -0.1) is 0 Å². The number of likely N-dealkylation sites (N-methyl/N-ethyl adjacent to an activating group) is 1. The largest absolute Gasteiger partial charge is 0.351 e. The first-order chi connectivity index (χ1) is 14.4. The molecule has 8 nitrogen and oxygen atoms in total. The van der Waals surface area contributed by atoms with Crippen LogP contribution in [0.3, 0.4) is 0 Å². The zero-order valence-electron chi connectivity index (χ0n) is 18.1. The van der Waals surface area contributed by atoms with Gasteiger partial charge >= 0.3 is 0 Å². The van der Waals surface area contributed by atoms with E-state index in [2.05, 4.69) is 15.7 Å². The van der Waals surface area contributed by atoms with Crippen LogP contribution in [0.4, 0.5) is 0 Å². The monoisotopic (exact) mass is 415 g/mol. The van der Waals surface area contributed by atoms with Crippen LogP contribution in [-0.4, -0.2) is 56.6 Å². The fourth-order valence-electron chi connectivity index (χ4n) is 5.16. The second kappa shape index (κ2) is 8.40. The van der Waals surface area contributed by atoms with Gasteiger partial charge in [0.2, 0.25) is 5.91 Å². The molecule has 8 heteroatoms. The Morgan fingerprint density at radius 1 is 1.07 bits per heavy atom. The van der Waals surface area contributed by atoms with Crippen molar-refractivity contribution in [3.8, 4) is 0 Å². The minimum atomic E-state index is -1.02. The first kappa shape index (κ1) is 20.9. The van der Waals surface area contributed by atoms with Crippen molar-refractivity contribution in [3.63, 3.8) is 0 Å². The molecule has 2 aliphatic carbocycles. The van der Waals surface area contributed by atoms with Crippen molar-refractivity contribution in [1.82, 2.24) is 25.3 Å². The molecule has 4 rings (SSSR count). The normalized spacial score (nSPS) is 25.3. The number of fused-ring (bicyclic) bond motifs is 1. The molecule has 2 heterocycles. The van der Waals surface area contributed by atoms with E-state index in [4.69, 9.17) is 0 Å². The van der Waals surface area contributed by atoms with Gasteiger partial charge in [0.05, 0.1) is 6.54 Å². The van der Waals surface area contributed by atoms with Gasteiger partial charge in [-0.1, -0.05) is 32.1 Å². The van der Waals surface area contributed by atoms with Gasteiger partial charge in [-0.3, -0.25) is 19.1 Å². The minimum absolute atomic E-state index is 0.140. The van der Waals surface area contributed by atoms with Crippen LogP contribution in [0.25, 0.3) is 0 Å². The highest BCUT2D eigenvalue weighted by molar-refractivity contribution is 6.02. The molecule has 30 heavy (non-hydrogen) atoms. The first-order valence-corrected chi connectivity index (χ1v) is 11.4. The topological polar surface area (TPSA) is 96.3 Å². The zero-order chi connectivity index (χ0) is 21.3. The molecule has 1 atom stereocenters. The Kier molecular flexibility index (Phi) is 5.84. The lowest BCUT2D eigenvalue weighted by atomic mass is 9.94. The smallest absolute Gasteiger partial charge is 0.273 e. The summed E-state index contributed by atoms with van der Waals surface area (Å²) in [5.74, 6) is -0.632. The molecule has 0 bridgehead atoms. The summed E-state index contributed by atoms with van der Waals surface area (Å²) in [4.78, 5) is 40.7. The molecule has 2 N–H and O–H groups in total. The van der Waals surface area contributed by atoms with Crippen LogP contribution in [0.5, 0.6) is 0 Å². The Morgan fingerprint density at radius 3 is 2.30 bits per heavy atom. The van der Waals surface area contributed by atoms with Crippen LogP contribution in [-0.2, 0) is 11.3 Å². The lowest BCUT2D eigenvalue weighted by Crippen LogP contribution is -2.64. The molecule has 3 amide bonds. The van der Waals surface area contributed by atoms with Gasteiger partial charge in [-0.2, -0.15) is 5.10 Å². The van der Waals surface area contributed by atoms with Crippen molar-refractivity contribution in [3.05, 3.63) is 17.5 Å². The summed E-state index contributed by atoms with van der Waals surface area (Å²) in [5, 5.41) is 10.6. The molecule has 2 saturated carbocycles.